The first-order chi connectivity index (χ1) is 12.6. The van der Waals surface area contributed by atoms with Crippen LogP contribution < -0.4 is 0 Å². The number of benzene rings is 1. The molecule has 3 aromatic rings. The number of hydrogen-bond donors (Lipinski definition) is 1. The van der Waals surface area contributed by atoms with Gasteiger partial charge in [-0.05, 0) is 49.2 Å². The standard InChI is InChI=1S/C20H22FN3O2/c1-14-16-12-15(21)5-6-17(16)22-18(14)13-23-7-3-8-24(10-9-23)20(25)19-4-2-11-26-19/h2,4-6,11-12,22H,3,7-10,13H2,1H3. The zero-order valence-electron chi connectivity index (χ0n) is 14.8. The summed E-state index contributed by atoms with van der Waals surface area (Å²) in [5.41, 5.74) is 3.16. The molecule has 0 unspecified atom stereocenters. The van der Waals surface area contributed by atoms with Crippen LogP contribution in [0.3, 0.4) is 0 Å². The Morgan fingerprint density at radius 1 is 1.23 bits per heavy atom. The minimum absolute atomic E-state index is 0.0471. The fourth-order valence-electron chi connectivity index (χ4n) is 3.62. The Balaban J connectivity index is 1.45. The molecule has 0 aliphatic carbocycles. The van der Waals surface area contributed by atoms with Gasteiger partial charge in [0.25, 0.3) is 5.91 Å². The fraction of sp³-hybridized carbons (Fsp3) is 0.350. The summed E-state index contributed by atoms with van der Waals surface area (Å²) < 4.78 is 18.7. The van der Waals surface area contributed by atoms with Crippen molar-refractivity contribution in [1.82, 2.24) is 14.8 Å². The van der Waals surface area contributed by atoms with E-state index < -0.39 is 0 Å². The van der Waals surface area contributed by atoms with E-state index in [9.17, 15) is 9.18 Å². The molecule has 2 aromatic heterocycles. The normalized spacial score (nSPS) is 16.2. The van der Waals surface area contributed by atoms with E-state index in [1.807, 2.05) is 11.8 Å². The molecule has 1 aliphatic heterocycles. The van der Waals surface area contributed by atoms with Crippen molar-refractivity contribution in [3.63, 3.8) is 0 Å². The number of nitrogens with zero attached hydrogens (tertiary/aromatic N) is 2. The number of amides is 1. The first-order valence-electron chi connectivity index (χ1n) is 8.93. The third-order valence-corrected chi connectivity index (χ3v) is 5.11. The highest BCUT2D eigenvalue weighted by Gasteiger charge is 2.22. The highest BCUT2D eigenvalue weighted by Crippen LogP contribution is 2.24. The predicted octanol–water partition coefficient (Wildman–Crippen LogP) is 3.56. The molecule has 0 spiro atoms. The molecule has 0 atom stereocenters. The van der Waals surface area contributed by atoms with E-state index in [0.29, 0.717) is 12.3 Å². The molecule has 1 saturated heterocycles. The molecule has 3 heterocycles. The molecule has 4 rings (SSSR count). The van der Waals surface area contributed by atoms with Gasteiger partial charge in [-0.25, -0.2) is 4.39 Å². The van der Waals surface area contributed by atoms with Crippen molar-refractivity contribution in [2.45, 2.75) is 19.9 Å². The van der Waals surface area contributed by atoms with Crippen molar-refractivity contribution in [2.75, 3.05) is 26.2 Å². The minimum atomic E-state index is -0.215. The van der Waals surface area contributed by atoms with Crippen molar-refractivity contribution in [2.24, 2.45) is 0 Å². The van der Waals surface area contributed by atoms with Crippen molar-refractivity contribution < 1.29 is 13.6 Å². The Bertz CT molecular complexity index is 917. The smallest absolute Gasteiger partial charge is 0.289 e. The Labute approximate surface area is 151 Å². The number of nitrogens with one attached hydrogen (secondary N) is 1. The van der Waals surface area contributed by atoms with Crippen LogP contribution in [0.25, 0.3) is 10.9 Å². The second-order valence-corrected chi connectivity index (χ2v) is 6.82. The first kappa shape index (κ1) is 16.8. The molecule has 136 valence electrons. The number of hydrogen-bond acceptors (Lipinski definition) is 3. The molecule has 1 N–H and O–H groups in total. The monoisotopic (exact) mass is 355 g/mol. The summed E-state index contributed by atoms with van der Waals surface area (Å²) >= 11 is 0. The largest absolute Gasteiger partial charge is 0.459 e. The lowest BCUT2D eigenvalue weighted by atomic mass is 10.1. The summed E-state index contributed by atoms with van der Waals surface area (Å²) in [6.07, 6.45) is 2.44. The SMILES string of the molecule is Cc1c(CN2CCCN(C(=O)c3ccco3)CC2)[nH]c2ccc(F)cc12. The van der Waals surface area contributed by atoms with E-state index in [2.05, 4.69) is 9.88 Å². The number of carbonyl (C=O) groups is 1. The number of carbonyl (C=O) groups excluding carboxylic acids is 1. The summed E-state index contributed by atoms with van der Waals surface area (Å²) in [6.45, 7) is 5.92. The molecule has 1 aromatic carbocycles. The van der Waals surface area contributed by atoms with Gasteiger partial charge in [-0.1, -0.05) is 0 Å². The van der Waals surface area contributed by atoms with Gasteiger partial charge in [-0.3, -0.25) is 9.69 Å². The van der Waals surface area contributed by atoms with E-state index in [0.717, 1.165) is 54.8 Å². The average Bonchev–Trinajstić information content (AvgIpc) is 3.20. The van der Waals surface area contributed by atoms with Crippen molar-refractivity contribution in [3.8, 4) is 0 Å². The first-order valence-corrected chi connectivity index (χ1v) is 8.93. The van der Waals surface area contributed by atoms with Gasteiger partial charge in [0.1, 0.15) is 5.82 Å². The van der Waals surface area contributed by atoms with Gasteiger partial charge in [0.15, 0.2) is 5.76 Å². The summed E-state index contributed by atoms with van der Waals surface area (Å²) in [5, 5.41) is 0.935. The molecule has 0 bridgehead atoms. The number of aromatic nitrogens is 1. The highest BCUT2D eigenvalue weighted by molar-refractivity contribution is 5.91. The molecule has 6 heteroatoms. The summed E-state index contributed by atoms with van der Waals surface area (Å²) in [5.74, 6) is 0.133. The maximum atomic E-state index is 13.5. The fourth-order valence-corrected chi connectivity index (χ4v) is 3.62. The number of halogens is 1. The summed E-state index contributed by atoms with van der Waals surface area (Å²) in [6, 6.07) is 8.28. The molecular weight excluding hydrogens is 333 g/mol. The molecule has 0 saturated carbocycles. The van der Waals surface area contributed by atoms with E-state index in [4.69, 9.17) is 4.42 Å². The lowest BCUT2D eigenvalue weighted by Crippen LogP contribution is -2.35. The van der Waals surface area contributed by atoms with Crippen molar-refractivity contribution >= 4 is 16.8 Å². The lowest BCUT2D eigenvalue weighted by molar-refractivity contribution is 0.0729. The Morgan fingerprint density at radius 2 is 2.12 bits per heavy atom. The number of aryl methyl sites for hydroxylation is 1. The van der Waals surface area contributed by atoms with Crippen LogP contribution >= 0.6 is 0 Å². The van der Waals surface area contributed by atoms with Gasteiger partial charge in [-0.2, -0.15) is 0 Å². The quantitative estimate of drug-likeness (QED) is 0.782. The summed E-state index contributed by atoms with van der Waals surface area (Å²) in [4.78, 5) is 20.1. The van der Waals surface area contributed by atoms with Crippen LogP contribution in [0.4, 0.5) is 4.39 Å². The maximum absolute atomic E-state index is 13.5. The van der Waals surface area contributed by atoms with Crippen LogP contribution in [0.1, 0.15) is 28.2 Å². The van der Waals surface area contributed by atoms with Crippen molar-refractivity contribution in [1.29, 1.82) is 0 Å². The Kier molecular flexibility index (Phi) is 4.51. The van der Waals surface area contributed by atoms with Crippen LogP contribution in [0.5, 0.6) is 0 Å². The lowest BCUT2D eigenvalue weighted by Gasteiger charge is -2.21. The van der Waals surface area contributed by atoms with E-state index in [1.165, 1.54) is 12.3 Å². The summed E-state index contributed by atoms with van der Waals surface area (Å²) in [7, 11) is 0. The minimum Gasteiger partial charge on any atom is -0.459 e. The van der Waals surface area contributed by atoms with E-state index >= 15 is 0 Å². The van der Waals surface area contributed by atoms with Crippen LogP contribution in [0, 0.1) is 12.7 Å². The number of aromatic amines is 1. The molecule has 5 nitrogen and oxygen atoms in total. The Morgan fingerprint density at radius 3 is 2.92 bits per heavy atom. The van der Waals surface area contributed by atoms with Crippen LogP contribution in [-0.4, -0.2) is 46.9 Å². The van der Waals surface area contributed by atoms with Gasteiger partial charge in [0, 0.05) is 49.3 Å². The topological polar surface area (TPSA) is 52.5 Å². The van der Waals surface area contributed by atoms with Gasteiger partial charge in [-0.15, -0.1) is 0 Å². The third-order valence-electron chi connectivity index (χ3n) is 5.11. The molecular formula is C20H22FN3O2. The number of fused-ring (bicyclic) bond motifs is 1. The van der Waals surface area contributed by atoms with Gasteiger partial charge < -0.3 is 14.3 Å². The number of H-pyrrole nitrogens is 1. The molecule has 1 fully saturated rings. The molecule has 1 aliphatic rings. The van der Waals surface area contributed by atoms with Crippen LogP contribution in [-0.2, 0) is 6.54 Å². The maximum Gasteiger partial charge on any atom is 0.289 e. The number of furan rings is 1. The van der Waals surface area contributed by atoms with Crippen LogP contribution in [0.15, 0.2) is 41.0 Å². The van der Waals surface area contributed by atoms with E-state index in [1.54, 1.807) is 24.3 Å². The number of rotatable bonds is 3. The zero-order valence-corrected chi connectivity index (χ0v) is 14.8. The molecule has 0 radical (unpaired) electrons. The van der Waals surface area contributed by atoms with E-state index in [-0.39, 0.29) is 11.7 Å². The molecule has 1 amide bonds. The van der Waals surface area contributed by atoms with Gasteiger partial charge in [0.2, 0.25) is 0 Å². The second kappa shape index (κ2) is 6.96. The predicted molar refractivity (Wildman–Crippen MR) is 97.5 cm³/mol. The highest BCUT2D eigenvalue weighted by atomic mass is 19.1. The van der Waals surface area contributed by atoms with Crippen LogP contribution in [0.2, 0.25) is 0 Å². The molecule has 26 heavy (non-hydrogen) atoms. The third kappa shape index (κ3) is 3.24. The van der Waals surface area contributed by atoms with Gasteiger partial charge in [0.05, 0.1) is 6.26 Å². The van der Waals surface area contributed by atoms with Crippen molar-refractivity contribution in [3.05, 3.63) is 59.4 Å². The zero-order chi connectivity index (χ0) is 18.1. The van der Waals surface area contributed by atoms with Gasteiger partial charge >= 0.3 is 0 Å². The average molecular weight is 355 g/mol. The second-order valence-electron chi connectivity index (χ2n) is 6.82. The Hall–Kier alpha value is -2.60.